The molecule has 0 fully saturated rings. The maximum absolute atomic E-state index is 12.6. The molecule has 0 aliphatic carbocycles. The Kier molecular flexibility index (Phi) is 4.19. The van der Waals surface area contributed by atoms with Crippen LogP contribution in [0.15, 0.2) is 36.4 Å². The average molecular weight is 392 g/mol. The Morgan fingerprint density at radius 2 is 1.59 bits per heavy atom. The number of nitrogens with one attached hydrogen (secondary N) is 1. The molecule has 3 aromatic rings. The van der Waals surface area contributed by atoms with Crippen molar-refractivity contribution in [3.63, 3.8) is 0 Å². The summed E-state index contributed by atoms with van der Waals surface area (Å²) in [6.07, 6.45) is 0. The van der Waals surface area contributed by atoms with E-state index in [1.807, 2.05) is 0 Å². The van der Waals surface area contributed by atoms with Crippen LogP contribution in [0.4, 0.5) is 0 Å². The van der Waals surface area contributed by atoms with Crippen LogP contribution in [0.3, 0.4) is 0 Å². The number of Topliss-reactive ketones (excluding diaryl/α,β-unsaturated/α-hetero) is 1. The Labute approximate surface area is 165 Å². The molecule has 2 amide bonds. The minimum Gasteiger partial charge on any atom is -0.497 e. The molecular formula is C21H16N2O6. The molecule has 146 valence electrons. The number of ether oxygens (including phenoxy) is 1. The van der Waals surface area contributed by atoms with Gasteiger partial charge in [0.1, 0.15) is 5.75 Å². The molecule has 1 aliphatic rings. The van der Waals surface area contributed by atoms with E-state index in [1.54, 1.807) is 24.3 Å². The van der Waals surface area contributed by atoms with E-state index in [0.29, 0.717) is 27.9 Å². The van der Waals surface area contributed by atoms with Gasteiger partial charge >= 0.3 is 5.97 Å². The zero-order valence-electron chi connectivity index (χ0n) is 15.9. The van der Waals surface area contributed by atoms with Crippen LogP contribution in [0, 0.1) is 0 Å². The molecule has 0 radical (unpaired) electrons. The van der Waals surface area contributed by atoms with Gasteiger partial charge in [-0.05, 0) is 43.3 Å². The Balaban J connectivity index is 2.11. The highest BCUT2D eigenvalue weighted by Crippen LogP contribution is 2.36. The molecule has 0 spiro atoms. The second-order valence-electron chi connectivity index (χ2n) is 6.58. The third kappa shape index (κ3) is 2.85. The molecule has 1 N–H and O–H groups in total. The summed E-state index contributed by atoms with van der Waals surface area (Å²) in [5.74, 6) is -1.34. The van der Waals surface area contributed by atoms with E-state index in [0.717, 1.165) is 0 Å². The number of imide groups is 1. The molecule has 0 saturated heterocycles. The Morgan fingerprint density at radius 3 is 2.14 bits per heavy atom. The first-order valence-corrected chi connectivity index (χ1v) is 8.74. The van der Waals surface area contributed by atoms with Crippen LogP contribution in [0.1, 0.15) is 44.9 Å². The smallest absolute Gasteiger partial charge is 0.329 e. The number of nitrogens with zero attached hydrogens (tertiary/aromatic N) is 1. The number of hydrogen-bond acceptors (Lipinski definition) is 6. The number of hydrogen-bond donors (Lipinski definition) is 1. The van der Waals surface area contributed by atoms with Gasteiger partial charge in [0.15, 0.2) is 5.78 Å². The Bertz CT molecular complexity index is 1220. The standard InChI is InChI=1S/C21H16N2O6/c1-10(24)18-16-8-14-15(21(27)22-20(14)26)9-17(16)23(29-11(2)25)19(18)12-4-6-13(28-3)7-5-12/h4-9H,1-3H3,(H,22,26,27). The largest absolute Gasteiger partial charge is 0.497 e. The van der Waals surface area contributed by atoms with Crippen molar-refractivity contribution in [3.05, 3.63) is 53.1 Å². The van der Waals surface area contributed by atoms with Crippen molar-refractivity contribution in [2.24, 2.45) is 0 Å². The predicted molar refractivity (Wildman–Crippen MR) is 103 cm³/mol. The molecule has 0 atom stereocenters. The molecule has 8 nitrogen and oxygen atoms in total. The Hall–Kier alpha value is -3.94. The first kappa shape index (κ1) is 18.4. The van der Waals surface area contributed by atoms with E-state index < -0.39 is 17.8 Å². The molecule has 29 heavy (non-hydrogen) atoms. The fourth-order valence-electron chi connectivity index (χ4n) is 3.51. The molecule has 1 aliphatic heterocycles. The number of benzene rings is 2. The zero-order valence-corrected chi connectivity index (χ0v) is 15.9. The van der Waals surface area contributed by atoms with Crippen molar-refractivity contribution in [2.75, 3.05) is 7.11 Å². The van der Waals surface area contributed by atoms with Gasteiger partial charge in [0.2, 0.25) is 0 Å². The van der Waals surface area contributed by atoms with Gasteiger partial charge < -0.3 is 9.57 Å². The normalized spacial score (nSPS) is 12.7. The predicted octanol–water partition coefficient (Wildman–Crippen LogP) is 2.38. The van der Waals surface area contributed by atoms with Crippen LogP contribution < -0.4 is 14.9 Å². The van der Waals surface area contributed by atoms with Crippen molar-refractivity contribution in [3.8, 4) is 17.0 Å². The number of carbonyl (C=O) groups excluding carboxylic acids is 4. The monoisotopic (exact) mass is 392 g/mol. The second-order valence-corrected chi connectivity index (χ2v) is 6.58. The van der Waals surface area contributed by atoms with Crippen molar-refractivity contribution >= 4 is 34.5 Å². The minimum atomic E-state index is -0.604. The molecule has 0 unspecified atom stereocenters. The number of aromatic nitrogens is 1. The number of rotatable bonds is 4. The van der Waals surface area contributed by atoms with Gasteiger partial charge in [0.05, 0.1) is 35.0 Å². The number of carbonyl (C=O) groups is 4. The van der Waals surface area contributed by atoms with E-state index in [2.05, 4.69) is 5.32 Å². The third-order valence-corrected chi connectivity index (χ3v) is 4.72. The van der Waals surface area contributed by atoms with E-state index in [1.165, 1.54) is 37.8 Å². The van der Waals surface area contributed by atoms with Gasteiger partial charge in [-0.2, -0.15) is 4.73 Å². The van der Waals surface area contributed by atoms with E-state index in [-0.39, 0.29) is 22.5 Å². The van der Waals surface area contributed by atoms with Gasteiger partial charge in [0.25, 0.3) is 11.8 Å². The van der Waals surface area contributed by atoms with Crippen LogP contribution in [-0.4, -0.2) is 35.4 Å². The van der Waals surface area contributed by atoms with Gasteiger partial charge in [-0.1, -0.05) is 0 Å². The van der Waals surface area contributed by atoms with Gasteiger partial charge in [-0.3, -0.25) is 19.7 Å². The summed E-state index contributed by atoms with van der Waals surface area (Å²) in [7, 11) is 1.54. The quantitative estimate of drug-likeness (QED) is 0.540. The van der Waals surface area contributed by atoms with Crippen molar-refractivity contribution in [2.45, 2.75) is 13.8 Å². The van der Waals surface area contributed by atoms with E-state index in [4.69, 9.17) is 9.57 Å². The van der Waals surface area contributed by atoms with E-state index >= 15 is 0 Å². The first-order valence-electron chi connectivity index (χ1n) is 8.74. The molecular weight excluding hydrogens is 376 g/mol. The maximum atomic E-state index is 12.6. The fourth-order valence-corrected chi connectivity index (χ4v) is 3.51. The number of amides is 2. The Morgan fingerprint density at radius 1 is 0.966 bits per heavy atom. The van der Waals surface area contributed by atoms with Crippen LogP contribution in [0.25, 0.3) is 22.2 Å². The number of ketones is 1. The molecule has 0 bridgehead atoms. The lowest BCUT2D eigenvalue weighted by atomic mass is 9.99. The average Bonchev–Trinajstić information content (AvgIpc) is 3.14. The molecule has 2 aromatic carbocycles. The molecule has 4 rings (SSSR count). The topological polar surface area (TPSA) is 104 Å². The minimum absolute atomic E-state index is 0.157. The molecule has 1 aromatic heterocycles. The number of fused-ring (bicyclic) bond motifs is 2. The second kappa shape index (κ2) is 6.59. The lowest BCUT2D eigenvalue weighted by Gasteiger charge is -2.11. The third-order valence-electron chi connectivity index (χ3n) is 4.72. The van der Waals surface area contributed by atoms with Crippen molar-refractivity contribution in [1.82, 2.24) is 10.0 Å². The van der Waals surface area contributed by atoms with Gasteiger partial charge in [-0.15, -0.1) is 0 Å². The van der Waals surface area contributed by atoms with Gasteiger partial charge in [0, 0.05) is 17.9 Å². The van der Waals surface area contributed by atoms with Crippen molar-refractivity contribution in [1.29, 1.82) is 0 Å². The summed E-state index contributed by atoms with van der Waals surface area (Å²) >= 11 is 0. The highest BCUT2D eigenvalue weighted by atomic mass is 16.7. The highest BCUT2D eigenvalue weighted by molar-refractivity contribution is 6.24. The lowest BCUT2D eigenvalue weighted by molar-refractivity contribution is -0.140. The maximum Gasteiger partial charge on any atom is 0.329 e. The van der Waals surface area contributed by atoms with Crippen LogP contribution in [-0.2, 0) is 4.79 Å². The SMILES string of the molecule is COc1ccc(-c2c(C(C)=O)c3cc4c(cc3n2OC(C)=O)C(=O)NC4=O)cc1. The lowest BCUT2D eigenvalue weighted by Crippen LogP contribution is -2.20. The number of methoxy groups -OCH3 is 1. The zero-order chi connectivity index (χ0) is 20.9. The van der Waals surface area contributed by atoms with Crippen LogP contribution >= 0.6 is 0 Å². The summed E-state index contributed by atoms with van der Waals surface area (Å²) in [4.78, 5) is 53.9. The van der Waals surface area contributed by atoms with E-state index in [9.17, 15) is 19.2 Å². The fraction of sp³-hybridized carbons (Fsp3) is 0.143. The van der Waals surface area contributed by atoms with Gasteiger partial charge in [-0.25, -0.2) is 4.79 Å². The summed E-state index contributed by atoms with van der Waals surface area (Å²) in [6.45, 7) is 2.62. The van der Waals surface area contributed by atoms with Crippen molar-refractivity contribution < 1.29 is 28.8 Å². The summed E-state index contributed by atoms with van der Waals surface area (Å²) in [5.41, 5.74) is 1.89. The molecule has 2 heterocycles. The highest BCUT2D eigenvalue weighted by Gasteiger charge is 2.31. The molecule has 8 heteroatoms. The summed E-state index contributed by atoms with van der Waals surface area (Å²) < 4.78 is 6.40. The first-order chi connectivity index (χ1) is 13.8. The summed E-state index contributed by atoms with van der Waals surface area (Å²) in [6, 6.07) is 9.82. The summed E-state index contributed by atoms with van der Waals surface area (Å²) in [5, 5.41) is 2.63. The van der Waals surface area contributed by atoms with Crippen LogP contribution in [0.5, 0.6) is 5.75 Å². The molecule has 0 saturated carbocycles. The van der Waals surface area contributed by atoms with Crippen LogP contribution in [0.2, 0.25) is 0 Å².